The van der Waals surface area contributed by atoms with E-state index in [1.54, 1.807) is 17.8 Å². The van der Waals surface area contributed by atoms with Crippen LogP contribution in [0.4, 0.5) is 0 Å². The molecule has 0 spiro atoms. The number of nitrogens with zero attached hydrogens (tertiary/aromatic N) is 1. The largest absolute Gasteiger partial charge is 0.467 e. The lowest BCUT2D eigenvalue weighted by atomic mass is 9.85. The Morgan fingerprint density at radius 1 is 1.48 bits per heavy atom. The van der Waals surface area contributed by atoms with E-state index in [1.165, 1.54) is 7.11 Å². The predicted octanol–water partition coefficient (Wildman–Crippen LogP) is 1.80. The molecule has 0 bridgehead atoms. The molecular weight excluding hydrogens is 314 g/mol. The second kappa shape index (κ2) is 6.83. The van der Waals surface area contributed by atoms with Gasteiger partial charge in [0.15, 0.2) is 0 Å². The molecule has 1 aliphatic carbocycles. The van der Waals surface area contributed by atoms with Crippen molar-refractivity contribution in [3.05, 3.63) is 11.1 Å². The summed E-state index contributed by atoms with van der Waals surface area (Å²) in [4.78, 5) is 38.1. The van der Waals surface area contributed by atoms with E-state index in [-0.39, 0.29) is 17.7 Å². The number of imide groups is 1. The van der Waals surface area contributed by atoms with Crippen LogP contribution in [0.25, 0.3) is 0 Å². The summed E-state index contributed by atoms with van der Waals surface area (Å²) in [7, 11) is 1.27. The van der Waals surface area contributed by atoms with Gasteiger partial charge in [0.05, 0.1) is 18.9 Å². The number of rotatable bonds is 5. The molecule has 0 radical (unpaired) electrons. The van der Waals surface area contributed by atoms with Crippen LogP contribution >= 0.6 is 23.4 Å². The molecule has 116 valence electrons. The quantitative estimate of drug-likeness (QED) is 0.568. The molecule has 21 heavy (non-hydrogen) atoms. The number of methoxy groups -OCH3 is 1. The first-order chi connectivity index (χ1) is 10.0. The Kier molecular flexibility index (Phi) is 5.32. The van der Waals surface area contributed by atoms with Crippen LogP contribution in [-0.2, 0) is 19.1 Å². The molecule has 1 heterocycles. The molecule has 0 saturated carbocycles. The average molecular weight is 332 g/mol. The Morgan fingerprint density at radius 3 is 2.76 bits per heavy atom. The van der Waals surface area contributed by atoms with E-state index in [0.29, 0.717) is 30.0 Å². The van der Waals surface area contributed by atoms with Gasteiger partial charge in [-0.3, -0.25) is 14.5 Å². The fourth-order valence-electron chi connectivity index (χ4n) is 2.88. The first kappa shape index (κ1) is 16.4. The number of esters is 1. The molecule has 1 saturated heterocycles. The van der Waals surface area contributed by atoms with Crippen LogP contribution in [0, 0.1) is 11.8 Å². The average Bonchev–Trinajstić information content (AvgIpc) is 2.71. The van der Waals surface area contributed by atoms with Crippen LogP contribution < -0.4 is 0 Å². The topological polar surface area (TPSA) is 63.7 Å². The fraction of sp³-hybridized carbons (Fsp3) is 0.643. The highest BCUT2D eigenvalue weighted by Crippen LogP contribution is 2.40. The van der Waals surface area contributed by atoms with E-state index in [0.717, 1.165) is 4.90 Å². The van der Waals surface area contributed by atoms with E-state index in [9.17, 15) is 14.4 Å². The smallest absolute Gasteiger partial charge is 0.329 e. The normalized spacial score (nSPS) is 26.4. The summed E-state index contributed by atoms with van der Waals surface area (Å²) < 4.78 is 4.76. The van der Waals surface area contributed by atoms with Crippen LogP contribution in [0.1, 0.15) is 19.3 Å². The number of amides is 2. The molecule has 2 rings (SSSR count). The molecule has 3 atom stereocenters. The van der Waals surface area contributed by atoms with Crippen molar-refractivity contribution in [1.82, 2.24) is 4.90 Å². The van der Waals surface area contributed by atoms with Crippen molar-refractivity contribution >= 4 is 41.1 Å². The van der Waals surface area contributed by atoms with E-state index in [4.69, 9.17) is 16.3 Å². The van der Waals surface area contributed by atoms with Gasteiger partial charge in [-0.15, -0.1) is 0 Å². The van der Waals surface area contributed by atoms with Crippen molar-refractivity contribution in [3.63, 3.8) is 0 Å². The third kappa shape index (κ3) is 3.11. The van der Waals surface area contributed by atoms with Gasteiger partial charge >= 0.3 is 5.97 Å². The van der Waals surface area contributed by atoms with Crippen molar-refractivity contribution in [2.75, 3.05) is 19.1 Å². The van der Waals surface area contributed by atoms with Crippen molar-refractivity contribution in [1.29, 1.82) is 0 Å². The Labute approximate surface area is 133 Å². The minimum Gasteiger partial charge on any atom is -0.467 e. The van der Waals surface area contributed by atoms with Crippen molar-refractivity contribution in [2.24, 2.45) is 11.8 Å². The number of ether oxygens (including phenoxy) is 1. The zero-order valence-electron chi connectivity index (χ0n) is 12.0. The van der Waals surface area contributed by atoms with Crippen LogP contribution in [-0.4, -0.2) is 47.8 Å². The Bertz CT molecular complexity index is 493. The lowest BCUT2D eigenvalue weighted by molar-refractivity contribution is -0.157. The highest BCUT2D eigenvalue weighted by atomic mass is 35.5. The van der Waals surface area contributed by atoms with Crippen LogP contribution in [0.5, 0.6) is 0 Å². The number of hydrogen-bond acceptors (Lipinski definition) is 5. The molecule has 0 aromatic rings. The molecule has 7 heteroatoms. The van der Waals surface area contributed by atoms with Crippen LogP contribution in [0.3, 0.4) is 0 Å². The second-order valence-corrected chi connectivity index (χ2v) is 6.64. The zero-order chi connectivity index (χ0) is 15.6. The van der Waals surface area contributed by atoms with Gasteiger partial charge in [0.2, 0.25) is 11.8 Å². The zero-order valence-corrected chi connectivity index (χ0v) is 13.6. The van der Waals surface area contributed by atoms with Gasteiger partial charge in [-0.05, 0) is 31.3 Å². The monoisotopic (exact) mass is 331 g/mol. The molecular formula is C14H18ClNO4S. The summed E-state index contributed by atoms with van der Waals surface area (Å²) in [5, 5.41) is 0.609. The van der Waals surface area contributed by atoms with Crippen LogP contribution in [0.15, 0.2) is 11.1 Å². The molecule has 0 unspecified atom stereocenters. The van der Waals surface area contributed by atoms with Gasteiger partial charge in [0.25, 0.3) is 0 Å². The number of halogens is 1. The third-order valence-corrected chi connectivity index (χ3v) is 4.94. The molecule has 1 aliphatic heterocycles. The van der Waals surface area contributed by atoms with Gasteiger partial charge in [-0.25, -0.2) is 4.79 Å². The maximum absolute atomic E-state index is 12.5. The summed E-state index contributed by atoms with van der Waals surface area (Å²) in [5.41, 5.74) is 0. The summed E-state index contributed by atoms with van der Waals surface area (Å²) in [6, 6.07) is -0.827. The van der Waals surface area contributed by atoms with Gasteiger partial charge in [-0.2, -0.15) is 11.8 Å². The molecule has 2 aliphatic rings. The van der Waals surface area contributed by atoms with Crippen molar-refractivity contribution in [2.45, 2.75) is 25.3 Å². The summed E-state index contributed by atoms with van der Waals surface area (Å²) in [6.07, 6.45) is 4.94. The predicted molar refractivity (Wildman–Crippen MR) is 80.8 cm³/mol. The maximum atomic E-state index is 12.5. The molecule has 0 aromatic heterocycles. The number of thioether (sulfide) groups is 1. The molecule has 5 nitrogen and oxygen atoms in total. The van der Waals surface area contributed by atoms with Crippen LogP contribution in [0.2, 0.25) is 0 Å². The lowest BCUT2D eigenvalue weighted by Crippen LogP contribution is -2.46. The van der Waals surface area contributed by atoms with Gasteiger partial charge in [0.1, 0.15) is 6.04 Å². The fourth-order valence-corrected chi connectivity index (χ4v) is 3.59. The summed E-state index contributed by atoms with van der Waals surface area (Å²) in [5.74, 6) is -1.26. The van der Waals surface area contributed by atoms with Gasteiger partial charge in [0, 0.05) is 5.03 Å². The number of hydrogen-bond donors (Lipinski definition) is 0. The number of carbonyl (C=O) groups is 3. The van der Waals surface area contributed by atoms with E-state index >= 15 is 0 Å². The summed E-state index contributed by atoms with van der Waals surface area (Å²) >= 11 is 7.54. The number of fused-ring (bicyclic) bond motifs is 1. The van der Waals surface area contributed by atoms with Gasteiger partial charge < -0.3 is 4.74 Å². The summed E-state index contributed by atoms with van der Waals surface area (Å²) in [6.45, 7) is 0. The van der Waals surface area contributed by atoms with E-state index in [2.05, 4.69) is 0 Å². The molecule has 2 amide bonds. The maximum Gasteiger partial charge on any atom is 0.329 e. The lowest BCUT2D eigenvalue weighted by Gasteiger charge is -2.24. The molecule has 0 aromatic carbocycles. The first-order valence-electron chi connectivity index (χ1n) is 6.79. The highest BCUT2D eigenvalue weighted by Gasteiger charge is 2.52. The van der Waals surface area contributed by atoms with E-state index < -0.39 is 17.9 Å². The Morgan fingerprint density at radius 2 is 2.14 bits per heavy atom. The SMILES string of the molecule is COC(=O)[C@H](CCSC)N1C(=O)[C@H]2CC=C(Cl)C[C@H]2C1=O. The second-order valence-electron chi connectivity index (χ2n) is 5.17. The molecule has 0 N–H and O–H groups in total. The third-order valence-electron chi connectivity index (χ3n) is 3.98. The number of carbonyl (C=O) groups excluding carboxylic acids is 3. The van der Waals surface area contributed by atoms with E-state index in [1.807, 2.05) is 6.26 Å². The Hall–Kier alpha value is -1.01. The van der Waals surface area contributed by atoms with Crippen molar-refractivity contribution in [3.8, 4) is 0 Å². The van der Waals surface area contributed by atoms with Gasteiger partial charge in [-0.1, -0.05) is 17.7 Å². The molecule has 1 fully saturated rings. The highest BCUT2D eigenvalue weighted by molar-refractivity contribution is 7.98. The van der Waals surface area contributed by atoms with Crippen molar-refractivity contribution < 1.29 is 19.1 Å². The standard InChI is InChI=1S/C14H18ClNO4S/c1-20-14(19)11(5-6-21-2)16-12(17)9-4-3-8(15)7-10(9)13(16)18/h3,9-11H,4-7H2,1-2H3/t9-,10+,11-/m0/s1. The Balaban J connectivity index is 2.23. The minimum absolute atomic E-state index is 0.276. The number of likely N-dealkylation sites (tertiary alicyclic amines) is 1. The minimum atomic E-state index is -0.827. The first-order valence-corrected chi connectivity index (χ1v) is 8.56. The number of allylic oxidation sites excluding steroid dienone is 2.